The van der Waals surface area contributed by atoms with E-state index in [1.165, 1.54) is 0 Å². The highest BCUT2D eigenvalue weighted by atomic mass is 16.4. The second-order valence-corrected chi connectivity index (χ2v) is 6.84. The highest BCUT2D eigenvalue weighted by molar-refractivity contribution is 5.78. The Kier molecular flexibility index (Phi) is 4.37. The molecule has 1 aliphatic heterocycles. The van der Waals surface area contributed by atoms with Crippen molar-refractivity contribution in [3.05, 3.63) is 0 Å². The summed E-state index contributed by atoms with van der Waals surface area (Å²) >= 11 is 0. The largest absolute Gasteiger partial charge is 0.481 e. The highest BCUT2D eigenvalue weighted by Gasteiger charge is 2.39. The van der Waals surface area contributed by atoms with Gasteiger partial charge >= 0.3 is 5.97 Å². The van der Waals surface area contributed by atoms with Crippen LogP contribution < -0.4 is 0 Å². The Morgan fingerprint density at radius 3 is 2.50 bits per heavy atom. The first-order chi connectivity index (χ1) is 9.32. The fraction of sp³-hybridized carbons (Fsp3) is 0.867. The third-order valence-electron chi connectivity index (χ3n) is 4.92. The van der Waals surface area contributed by atoms with Crippen molar-refractivity contribution in [1.82, 2.24) is 9.80 Å². The average molecular weight is 282 g/mol. The minimum absolute atomic E-state index is 0.118. The van der Waals surface area contributed by atoms with Gasteiger partial charge in [-0.15, -0.1) is 0 Å². The van der Waals surface area contributed by atoms with Crippen molar-refractivity contribution in [3.8, 4) is 0 Å². The van der Waals surface area contributed by atoms with Gasteiger partial charge in [0, 0.05) is 19.6 Å². The summed E-state index contributed by atoms with van der Waals surface area (Å²) in [5.74, 6) is -0.458. The molecule has 0 spiro atoms. The first-order valence-electron chi connectivity index (χ1n) is 7.53. The highest BCUT2D eigenvalue weighted by Crippen LogP contribution is 2.34. The van der Waals surface area contributed by atoms with Gasteiger partial charge in [-0.2, -0.15) is 0 Å². The Hall–Kier alpha value is -1.10. The number of hydrogen-bond donors (Lipinski definition) is 1. The normalized spacial score (nSPS) is 24.4. The number of likely N-dealkylation sites (tertiary alicyclic amines) is 1. The lowest BCUT2D eigenvalue weighted by molar-refractivity contribution is -0.151. The number of carbonyl (C=O) groups excluding carboxylic acids is 1. The molecule has 0 radical (unpaired) electrons. The first kappa shape index (κ1) is 15.3. The second-order valence-electron chi connectivity index (χ2n) is 6.84. The molecule has 114 valence electrons. The maximum Gasteiger partial charge on any atom is 0.309 e. The molecule has 2 rings (SSSR count). The molecule has 1 saturated carbocycles. The van der Waals surface area contributed by atoms with E-state index in [0.717, 1.165) is 32.2 Å². The maximum atomic E-state index is 12.2. The molecule has 1 atom stereocenters. The topological polar surface area (TPSA) is 60.9 Å². The minimum atomic E-state index is -0.745. The van der Waals surface area contributed by atoms with E-state index in [0.29, 0.717) is 19.1 Å². The molecule has 1 N–H and O–H groups in total. The SMILES string of the molecule is CN(C(=O)CN1CCCC(C(C)(C)C(=O)O)C1)C1CC1. The average Bonchev–Trinajstić information content (AvgIpc) is 3.22. The van der Waals surface area contributed by atoms with Gasteiger partial charge in [0.25, 0.3) is 0 Å². The fourth-order valence-corrected chi connectivity index (χ4v) is 2.93. The summed E-state index contributed by atoms with van der Waals surface area (Å²) in [4.78, 5) is 27.5. The van der Waals surface area contributed by atoms with Gasteiger partial charge in [0.05, 0.1) is 12.0 Å². The van der Waals surface area contributed by atoms with Crippen molar-refractivity contribution in [2.75, 3.05) is 26.7 Å². The van der Waals surface area contributed by atoms with Crippen molar-refractivity contribution in [2.24, 2.45) is 11.3 Å². The van der Waals surface area contributed by atoms with Crippen molar-refractivity contribution in [2.45, 2.75) is 45.6 Å². The van der Waals surface area contributed by atoms with Crippen LogP contribution in [0.5, 0.6) is 0 Å². The summed E-state index contributed by atoms with van der Waals surface area (Å²) in [6, 6.07) is 0.443. The van der Waals surface area contributed by atoms with Gasteiger partial charge in [-0.1, -0.05) is 0 Å². The van der Waals surface area contributed by atoms with E-state index in [2.05, 4.69) is 4.90 Å². The van der Waals surface area contributed by atoms with Crippen LogP contribution in [0.15, 0.2) is 0 Å². The Labute approximate surface area is 120 Å². The van der Waals surface area contributed by atoms with E-state index in [1.807, 2.05) is 11.9 Å². The molecule has 0 aromatic rings. The molecule has 1 aliphatic carbocycles. The number of nitrogens with zero attached hydrogens (tertiary/aromatic N) is 2. The summed E-state index contributed by atoms with van der Waals surface area (Å²) in [6.07, 6.45) is 4.15. The molecule has 1 amide bonds. The van der Waals surface area contributed by atoms with Crippen molar-refractivity contribution < 1.29 is 14.7 Å². The molecular weight excluding hydrogens is 256 g/mol. The number of likely N-dealkylation sites (N-methyl/N-ethyl adjacent to an activating group) is 1. The predicted molar refractivity (Wildman–Crippen MR) is 76.4 cm³/mol. The van der Waals surface area contributed by atoms with Crippen LogP contribution in [0.25, 0.3) is 0 Å². The van der Waals surface area contributed by atoms with E-state index in [9.17, 15) is 14.7 Å². The zero-order valence-corrected chi connectivity index (χ0v) is 12.8. The van der Waals surface area contributed by atoms with Crippen LogP contribution in [-0.2, 0) is 9.59 Å². The van der Waals surface area contributed by atoms with E-state index in [-0.39, 0.29) is 11.8 Å². The van der Waals surface area contributed by atoms with E-state index in [4.69, 9.17) is 0 Å². The molecule has 1 unspecified atom stereocenters. The molecule has 5 heteroatoms. The Bertz CT molecular complexity index is 391. The third-order valence-corrected chi connectivity index (χ3v) is 4.92. The van der Waals surface area contributed by atoms with Crippen molar-refractivity contribution in [1.29, 1.82) is 0 Å². The van der Waals surface area contributed by atoms with E-state index >= 15 is 0 Å². The minimum Gasteiger partial charge on any atom is -0.481 e. The molecule has 0 aromatic heterocycles. The van der Waals surface area contributed by atoms with Crippen LogP contribution in [0.2, 0.25) is 0 Å². The molecule has 5 nitrogen and oxygen atoms in total. The number of hydrogen-bond acceptors (Lipinski definition) is 3. The van der Waals surface area contributed by atoms with Gasteiger partial charge in [-0.25, -0.2) is 0 Å². The maximum absolute atomic E-state index is 12.2. The number of carboxylic acids is 1. The molecule has 0 aromatic carbocycles. The van der Waals surface area contributed by atoms with Gasteiger partial charge in [0.15, 0.2) is 0 Å². The van der Waals surface area contributed by atoms with Gasteiger partial charge in [-0.05, 0) is 52.0 Å². The molecule has 0 bridgehead atoms. The third kappa shape index (κ3) is 3.32. The molecule has 1 saturated heterocycles. The van der Waals surface area contributed by atoms with Gasteiger partial charge in [0.2, 0.25) is 5.91 Å². The number of rotatable bonds is 5. The summed E-state index contributed by atoms with van der Waals surface area (Å²) in [6.45, 7) is 5.63. The predicted octanol–water partition coefficient (Wildman–Crippen LogP) is 1.43. The Balaban J connectivity index is 1.90. The lowest BCUT2D eigenvalue weighted by Gasteiger charge is -2.39. The van der Waals surface area contributed by atoms with Crippen LogP contribution in [0.1, 0.15) is 39.5 Å². The zero-order valence-electron chi connectivity index (χ0n) is 12.8. The standard InChI is InChI=1S/C15H26N2O3/c1-15(2,14(19)20)11-5-4-8-17(9-11)10-13(18)16(3)12-6-7-12/h11-12H,4-10H2,1-3H3,(H,19,20). The summed E-state index contributed by atoms with van der Waals surface area (Å²) in [5.41, 5.74) is -0.718. The molecule has 2 fully saturated rings. The molecule has 20 heavy (non-hydrogen) atoms. The van der Waals surface area contributed by atoms with Gasteiger partial charge in [0.1, 0.15) is 0 Å². The molecule has 2 aliphatic rings. The number of piperidine rings is 1. The smallest absolute Gasteiger partial charge is 0.309 e. The number of carbonyl (C=O) groups is 2. The summed E-state index contributed by atoms with van der Waals surface area (Å²) in [7, 11) is 1.88. The van der Waals surface area contributed by atoms with Crippen LogP contribution >= 0.6 is 0 Å². The van der Waals surface area contributed by atoms with Gasteiger partial charge in [-0.3, -0.25) is 14.5 Å². The zero-order chi connectivity index (χ0) is 14.9. The quantitative estimate of drug-likeness (QED) is 0.828. The molecule has 1 heterocycles. The monoisotopic (exact) mass is 282 g/mol. The van der Waals surface area contributed by atoms with Crippen LogP contribution in [0.3, 0.4) is 0 Å². The summed E-state index contributed by atoms with van der Waals surface area (Å²) in [5, 5.41) is 9.34. The summed E-state index contributed by atoms with van der Waals surface area (Å²) < 4.78 is 0. The Morgan fingerprint density at radius 2 is 1.95 bits per heavy atom. The van der Waals surface area contributed by atoms with E-state index < -0.39 is 11.4 Å². The van der Waals surface area contributed by atoms with Gasteiger partial charge < -0.3 is 10.0 Å². The van der Waals surface area contributed by atoms with E-state index in [1.54, 1.807) is 13.8 Å². The second kappa shape index (κ2) is 5.72. The number of amides is 1. The van der Waals surface area contributed by atoms with Crippen LogP contribution in [0, 0.1) is 11.3 Å². The first-order valence-corrected chi connectivity index (χ1v) is 7.53. The van der Waals surface area contributed by atoms with Crippen molar-refractivity contribution in [3.63, 3.8) is 0 Å². The molecular formula is C15H26N2O3. The lowest BCUT2D eigenvalue weighted by atomic mass is 9.74. The van der Waals surface area contributed by atoms with Crippen LogP contribution in [0.4, 0.5) is 0 Å². The lowest BCUT2D eigenvalue weighted by Crippen LogP contribution is -2.48. The van der Waals surface area contributed by atoms with Crippen molar-refractivity contribution >= 4 is 11.9 Å². The van der Waals surface area contributed by atoms with Crippen LogP contribution in [-0.4, -0.2) is 59.5 Å². The fourth-order valence-electron chi connectivity index (χ4n) is 2.93. The number of carboxylic acid groups (broad SMARTS) is 1. The Morgan fingerprint density at radius 1 is 1.30 bits per heavy atom. The number of aliphatic carboxylic acids is 1.